The van der Waals surface area contributed by atoms with Crippen LogP contribution in [0.4, 0.5) is 0 Å². The molecule has 0 aliphatic carbocycles. The second kappa shape index (κ2) is 8.71. The van der Waals surface area contributed by atoms with E-state index in [1.54, 1.807) is 23.5 Å². The van der Waals surface area contributed by atoms with E-state index in [4.69, 9.17) is 0 Å². The van der Waals surface area contributed by atoms with Crippen LogP contribution in [0.15, 0.2) is 82.6 Å². The summed E-state index contributed by atoms with van der Waals surface area (Å²) < 4.78 is 0. The zero-order chi connectivity index (χ0) is 15.8. The lowest BCUT2D eigenvalue weighted by molar-refractivity contribution is -0.132. The van der Waals surface area contributed by atoms with Gasteiger partial charge in [0, 0.05) is 20.6 Å². The molecule has 0 bridgehead atoms. The molecule has 0 spiro atoms. The van der Waals surface area contributed by atoms with Gasteiger partial charge in [0.1, 0.15) is 0 Å². The highest BCUT2D eigenvalue weighted by Gasteiger charge is 2.19. The van der Waals surface area contributed by atoms with Crippen molar-refractivity contribution < 1.29 is 9.90 Å². The molecule has 2 aromatic rings. The number of aliphatic carboxylic acids is 1. The molecule has 1 unspecified atom stereocenters. The lowest BCUT2D eigenvalue weighted by atomic mass is 10.2. The van der Waals surface area contributed by atoms with Gasteiger partial charge in [0.05, 0.1) is 0 Å². The van der Waals surface area contributed by atoms with Crippen LogP contribution in [0.2, 0.25) is 0 Å². The molecule has 0 aliphatic rings. The van der Waals surface area contributed by atoms with Crippen molar-refractivity contribution in [2.45, 2.75) is 21.5 Å². The predicted molar refractivity (Wildman–Crippen MR) is 94.6 cm³/mol. The highest BCUT2D eigenvalue weighted by molar-refractivity contribution is 8.00. The summed E-state index contributed by atoms with van der Waals surface area (Å²) in [7, 11) is 0. The van der Waals surface area contributed by atoms with E-state index in [0.29, 0.717) is 0 Å². The van der Waals surface area contributed by atoms with Gasteiger partial charge in [0.15, 0.2) is 0 Å². The SMILES string of the molecule is C=C(C(=O)O)C(CCSc1ccccc1)Sc1ccccc1. The molecule has 22 heavy (non-hydrogen) atoms. The number of rotatable bonds is 8. The Bertz CT molecular complexity index is 611. The first-order chi connectivity index (χ1) is 10.7. The van der Waals surface area contributed by atoms with Crippen molar-refractivity contribution >= 4 is 29.5 Å². The second-order valence-corrected chi connectivity index (χ2v) is 7.14. The summed E-state index contributed by atoms with van der Waals surface area (Å²) in [4.78, 5) is 13.5. The van der Waals surface area contributed by atoms with Gasteiger partial charge < -0.3 is 5.11 Å². The molecule has 2 nitrogen and oxygen atoms in total. The van der Waals surface area contributed by atoms with Crippen molar-refractivity contribution in [1.82, 2.24) is 0 Å². The Kier molecular flexibility index (Phi) is 6.62. The van der Waals surface area contributed by atoms with Crippen LogP contribution in [0.1, 0.15) is 6.42 Å². The lowest BCUT2D eigenvalue weighted by Crippen LogP contribution is -2.14. The molecule has 0 saturated heterocycles. The highest BCUT2D eigenvalue weighted by Crippen LogP contribution is 2.31. The first-order valence-corrected chi connectivity index (χ1v) is 8.85. The maximum atomic E-state index is 11.2. The van der Waals surface area contributed by atoms with E-state index in [9.17, 15) is 9.90 Å². The molecular formula is C18H18O2S2. The standard InChI is InChI=1S/C18H18O2S2/c1-14(18(19)20)17(22-16-10-6-3-7-11-16)12-13-21-15-8-4-2-5-9-15/h2-11,17H,1,12-13H2,(H,19,20). The Morgan fingerprint density at radius 1 is 1.00 bits per heavy atom. The lowest BCUT2D eigenvalue weighted by Gasteiger charge is -2.16. The summed E-state index contributed by atoms with van der Waals surface area (Å²) in [5.41, 5.74) is 0.266. The number of carboxylic acids is 1. The molecule has 114 valence electrons. The van der Waals surface area contributed by atoms with Crippen molar-refractivity contribution in [3.63, 3.8) is 0 Å². The molecule has 0 radical (unpaired) electrons. The van der Waals surface area contributed by atoms with Crippen LogP contribution in [0.5, 0.6) is 0 Å². The molecule has 0 saturated carbocycles. The van der Waals surface area contributed by atoms with Gasteiger partial charge in [-0.3, -0.25) is 0 Å². The van der Waals surface area contributed by atoms with E-state index in [1.807, 2.05) is 48.5 Å². The summed E-state index contributed by atoms with van der Waals surface area (Å²) in [5, 5.41) is 9.11. The van der Waals surface area contributed by atoms with Crippen LogP contribution in [-0.4, -0.2) is 22.1 Å². The Labute approximate surface area is 139 Å². The first kappa shape index (κ1) is 16.7. The van der Waals surface area contributed by atoms with Gasteiger partial charge >= 0.3 is 5.97 Å². The molecule has 0 heterocycles. The number of hydrogen-bond donors (Lipinski definition) is 1. The maximum Gasteiger partial charge on any atom is 0.332 e. The molecule has 2 aromatic carbocycles. The van der Waals surface area contributed by atoms with Crippen molar-refractivity contribution in [3.8, 4) is 0 Å². The van der Waals surface area contributed by atoms with Crippen LogP contribution in [-0.2, 0) is 4.79 Å². The topological polar surface area (TPSA) is 37.3 Å². The minimum absolute atomic E-state index is 0.115. The number of benzene rings is 2. The van der Waals surface area contributed by atoms with E-state index >= 15 is 0 Å². The van der Waals surface area contributed by atoms with Crippen LogP contribution in [0.3, 0.4) is 0 Å². The molecule has 2 rings (SSSR count). The van der Waals surface area contributed by atoms with Gasteiger partial charge in [0.25, 0.3) is 0 Å². The van der Waals surface area contributed by atoms with Gasteiger partial charge in [-0.25, -0.2) is 4.79 Å². The Balaban J connectivity index is 1.96. The molecule has 0 fully saturated rings. The smallest absolute Gasteiger partial charge is 0.332 e. The number of hydrogen-bond acceptors (Lipinski definition) is 3. The minimum Gasteiger partial charge on any atom is -0.478 e. The van der Waals surface area contributed by atoms with E-state index in [-0.39, 0.29) is 10.8 Å². The van der Waals surface area contributed by atoms with Crippen LogP contribution in [0, 0.1) is 0 Å². The van der Waals surface area contributed by atoms with Crippen molar-refractivity contribution in [2.24, 2.45) is 0 Å². The van der Waals surface area contributed by atoms with Gasteiger partial charge in [-0.1, -0.05) is 43.0 Å². The van der Waals surface area contributed by atoms with E-state index in [0.717, 1.165) is 17.1 Å². The number of carboxylic acid groups (broad SMARTS) is 1. The molecular weight excluding hydrogens is 312 g/mol. The quantitative estimate of drug-likeness (QED) is 0.548. The summed E-state index contributed by atoms with van der Waals surface area (Å²) in [6, 6.07) is 20.0. The average molecular weight is 330 g/mol. The number of carbonyl (C=O) groups is 1. The summed E-state index contributed by atoms with van der Waals surface area (Å²) in [5.74, 6) is -0.0565. The average Bonchev–Trinajstić information content (AvgIpc) is 2.55. The monoisotopic (exact) mass is 330 g/mol. The molecule has 0 aromatic heterocycles. The van der Waals surface area contributed by atoms with E-state index in [1.165, 1.54) is 4.90 Å². The van der Waals surface area contributed by atoms with Gasteiger partial charge in [-0.15, -0.1) is 23.5 Å². The third-order valence-electron chi connectivity index (χ3n) is 3.08. The van der Waals surface area contributed by atoms with Crippen LogP contribution in [0.25, 0.3) is 0 Å². The summed E-state index contributed by atoms with van der Waals surface area (Å²) in [6.45, 7) is 3.75. The van der Waals surface area contributed by atoms with Gasteiger partial charge in [0.2, 0.25) is 0 Å². The molecule has 4 heteroatoms. The normalized spacial score (nSPS) is 11.8. The maximum absolute atomic E-state index is 11.2. The Morgan fingerprint density at radius 2 is 1.55 bits per heavy atom. The van der Waals surface area contributed by atoms with E-state index in [2.05, 4.69) is 18.7 Å². The fraction of sp³-hybridized carbons (Fsp3) is 0.167. The Morgan fingerprint density at radius 3 is 2.09 bits per heavy atom. The molecule has 1 N–H and O–H groups in total. The van der Waals surface area contributed by atoms with Crippen molar-refractivity contribution in [1.29, 1.82) is 0 Å². The third kappa shape index (κ3) is 5.28. The van der Waals surface area contributed by atoms with E-state index < -0.39 is 5.97 Å². The highest BCUT2D eigenvalue weighted by atomic mass is 32.2. The second-order valence-electron chi connectivity index (χ2n) is 4.70. The third-order valence-corrected chi connectivity index (χ3v) is 5.47. The van der Waals surface area contributed by atoms with Crippen molar-refractivity contribution in [3.05, 3.63) is 72.8 Å². The fourth-order valence-corrected chi connectivity index (χ4v) is 4.12. The molecule has 1 atom stereocenters. The minimum atomic E-state index is -0.918. The Hall–Kier alpha value is -1.65. The fourth-order valence-electron chi connectivity index (χ4n) is 1.91. The number of thioether (sulfide) groups is 2. The molecule has 0 amide bonds. The molecule has 0 aliphatic heterocycles. The zero-order valence-electron chi connectivity index (χ0n) is 12.1. The zero-order valence-corrected chi connectivity index (χ0v) is 13.8. The first-order valence-electron chi connectivity index (χ1n) is 6.98. The van der Waals surface area contributed by atoms with Crippen molar-refractivity contribution in [2.75, 3.05) is 5.75 Å². The predicted octanol–water partition coefficient (Wildman–Crippen LogP) is 4.97. The van der Waals surface area contributed by atoms with Crippen LogP contribution < -0.4 is 0 Å². The largest absolute Gasteiger partial charge is 0.478 e. The summed E-state index contributed by atoms with van der Waals surface area (Å²) >= 11 is 3.31. The van der Waals surface area contributed by atoms with Gasteiger partial charge in [-0.05, 0) is 36.4 Å². The van der Waals surface area contributed by atoms with Gasteiger partial charge in [-0.2, -0.15) is 0 Å². The summed E-state index contributed by atoms with van der Waals surface area (Å²) in [6.07, 6.45) is 0.768. The van der Waals surface area contributed by atoms with Crippen LogP contribution >= 0.6 is 23.5 Å².